The Kier molecular flexibility index (Phi) is 5.66. The number of aryl methyl sites for hydroxylation is 1. The third-order valence-electron chi connectivity index (χ3n) is 2.76. The van der Waals surface area contributed by atoms with Crippen molar-refractivity contribution < 1.29 is 0 Å². The molecule has 0 amide bonds. The SMILES string of the molecule is CCCC(N)c1ccn(CCCCC#N)c1. The third-order valence-corrected chi connectivity index (χ3v) is 2.76. The van der Waals surface area contributed by atoms with Crippen molar-refractivity contribution in [2.24, 2.45) is 5.73 Å². The maximum Gasteiger partial charge on any atom is 0.0621 e. The summed E-state index contributed by atoms with van der Waals surface area (Å²) in [5.74, 6) is 0. The normalized spacial score (nSPS) is 12.3. The van der Waals surface area contributed by atoms with Gasteiger partial charge in [0.2, 0.25) is 0 Å². The molecule has 0 aromatic carbocycles. The Bertz CT molecular complexity index is 335. The maximum absolute atomic E-state index is 8.43. The van der Waals surface area contributed by atoms with Crippen LogP contribution in [-0.2, 0) is 6.54 Å². The van der Waals surface area contributed by atoms with Crippen LogP contribution in [0.1, 0.15) is 50.6 Å². The van der Waals surface area contributed by atoms with E-state index in [0.717, 1.165) is 32.2 Å². The van der Waals surface area contributed by atoms with Crippen molar-refractivity contribution in [1.29, 1.82) is 5.26 Å². The topological polar surface area (TPSA) is 54.7 Å². The zero-order valence-electron chi connectivity index (χ0n) is 10.0. The van der Waals surface area contributed by atoms with E-state index in [2.05, 4.69) is 36.0 Å². The van der Waals surface area contributed by atoms with E-state index in [1.54, 1.807) is 0 Å². The molecule has 0 radical (unpaired) electrons. The number of rotatable bonds is 7. The van der Waals surface area contributed by atoms with Gasteiger partial charge in [0.05, 0.1) is 6.07 Å². The minimum atomic E-state index is 0.172. The van der Waals surface area contributed by atoms with Crippen LogP contribution in [0.25, 0.3) is 0 Å². The highest BCUT2D eigenvalue weighted by atomic mass is 14.9. The predicted molar refractivity (Wildman–Crippen MR) is 65.7 cm³/mol. The number of hydrogen-bond donors (Lipinski definition) is 1. The van der Waals surface area contributed by atoms with Crippen LogP contribution in [0.5, 0.6) is 0 Å². The fourth-order valence-corrected chi connectivity index (χ4v) is 1.79. The molecule has 88 valence electrons. The van der Waals surface area contributed by atoms with Gasteiger partial charge in [0.15, 0.2) is 0 Å². The van der Waals surface area contributed by atoms with E-state index in [9.17, 15) is 0 Å². The first-order chi connectivity index (χ1) is 7.77. The van der Waals surface area contributed by atoms with E-state index in [4.69, 9.17) is 11.0 Å². The minimum Gasteiger partial charge on any atom is -0.354 e. The van der Waals surface area contributed by atoms with Gasteiger partial charge in [-0.2, -0.15) is 5.26 Å². The molecule has 2 N–H and O–H groups in total. The minimum absolute atomic E-state index is 0.172. The summed E-state index contributed by atoms with van der Waals surface area (Å²) >= 11 is 0. The highest BCUT2D eigenvalue weighted by molar-refractivity contribution is 5.14. The van der Waals surface area contributed by atoms with Gasteiger partial charge in [0, 0.05) is 31.4 Å². The lowest BCUT2D eigenvalue weighted by Gasteiger charge is -2.07. The largest absolute Gasteiger partial charge is 0.354 e. The molecule has 1 heterocycles. The van der Waals surface area contributed by atoms with Gasteiger partial charge in [-0.15, -0.1) is 0 Å². The van der Waals surface area contributed by atoms with Crippen LogP contribution in [-0.4, -0.2) is 4.57 Å². The van der Waals surface area contributed by atoms with Crippen molar-refractivity contribution in [3.63, 3.8) is 0 Å². The molecule has 0 aliphatic carbocycles. The third kappa shape index (κ3) is 4.08. The monoisotopic (exact) mass is 219 g/mol. The van der Waals surface area contributed by atoms with Crippen molar-refractivity contribution in [3.8, 4) is 6.07 Å². The number of nitrogens with zero attached hydrogens (tertiary/aromatic N) is 2. The molecule has 1 unspecified atom stereocenters. The molecule has 1 aromatic heterocycles. The molecule has 1 aromatic rings. The van der Waals surface area contributed by atoms with Gasteiger partial charge >= 0.3 is 0 Å². The van der Waals surface area contributed by atoms with E-state index in [1.165, 1.54) is 5.56 Å². The second-order valence-electron chi connectivity index (χ2n) is 4.19. The zero-order chi connectivity index (χ0) is 11.8. The van der Waals surface area contributed by atoms with Gasteiger partial charge in [0.25, 0.3) is 0 Å². The van der Waals surface area contributed by atoms with Crippen LogP contribution in [0.2, 0.25) is 0 Å². The lowest BCUT2D eigenvalue weighted by atomic mass is 10.1. The summed E-state index contributed by atoms with van der Waals surface area (Å²) in [6.07, 6.45) is 9.07. The highest BCUT2D eigenvalue weighted by Crippen LogP contribution is 2.16. The second kappa shape index (κ2) is 7.08. The summed E-state index contributed by atoms with van der Waals surface area (Å²) in [4.78, 5) is 0. The lowest BCUT2D eigenvalue weighted by Crippen LogP contribution is -2.08. The van der Waals surface area contributed by atoms with Crippen LogP contribution in [0.3, 0.4) is 0 Å². The first-order valence-electron chi connectivity index (χ1n) is 6.06. The van der Waals surface area contributed by atoms with Crippen molar-refractivity contribution in [1.82, 2.24) is 4.57 Å². The Labute approximate surface area is 97.9 Å². The Hall–Kier alpha value is -1.27. The zero-order valence-corrected chi connectivity index (χ0v) is 10.0. The summed E-state index contributed by atoms with van der Waals surface area (Å²) in [5.41, 5.74) is 7.26. The Morgan fingerprint density at radius 2 is 2.31 bits per heavy atom. The molecule has 0 saturated heterocycles. The lowest BCUT2D eigenvalue weighted by molar-refractivity contribution is 0.607. The Morgan fingerprint density at radius 3 is 3.00 bits per heavy atom. The number of hydrogen-bond acceptors (Lipinski definition) is 2. The first-order valence-corrected chi connectivity index (χ1v) is 6.06. The predicted octanol–water partition coefficient (Wildman–Crippen LogP) is 2.98. The van der Waals surface area contributed by atoms with Crippen molar-refractivity contribution in [3.05, 3.63) is 24.0 Å². The van der Waals surface area contributed by atoms with Crippen LogP contribution < -0.4 is 5.73 Å². The molecular formula is C13H21N3. The number of aromatic nitrogens is 1. The average molecular weight is 219 g/mol. The average Bonchev–Trinajstić information content (AvgIpc) is 2.73. The second-order valence-corrected chi connectivity index (χ2v) is 4.19. The Morgan fingerprint density at radius 1 is 1.50 bits per heavy atom. The van der Waals surface area contributed by atoms with E-state index >= 15 is 0 Å². The number of nitrogens with two attached hydrogens (primary N) is 1. The molecular weight excluding hydrogens is 198 g/mol. The van der Waals surface area contributed by atoms with Crippen molar-refractivity contribution in [2.75, 3.05) is 0 Å². The van der Waals surface area contributed by atoms with E-state index < -0.39 is 0 Å². The van der Waals surface area contributed by atoms with Crippen LogP contribution in [0, 0.1) is 11.3 Å². The quantitative estimate of drug-likeness (QED) is 0.717. The molecule has 0 aliphatic rings. The fourth-order valence-electron chi connectivity index (χ4n) is 1.79. The van der Waals surface area contributed by atoms with Gasteiger partial charge in [-0.25, -0.2) is 0 Å². The van der Waals surface area contributed by atoms with E-state index in [1.807, 2.05) is 0 Å². The molecule has 0 spiro atoms. The summed E-state index contributed by atoms with van der Waals surface area (Å²) in [5, 5.41) is 8.43. The molecule has 16 heavy (non-hydrogen) atoms. The number of nitriles is 1. The van der Waals surface area contributed by atoms with Gasteiger partial charge in [0.1, 0.15) is 0 Å². The van der Waals surface area contributed by atoms with E-state index in [-0.39, 0.29) is 6.04 Å². The highest BCUT2D eigenvalue weighted by Gasteiger charge is 2.05. The summed E-state index contributed by atoms with van der Waals surface area (Å²) in [6, 6.07) is 4.44. The van der Waals surface area contributed by atoms with Crippen molar-refractivity contribution in [2.45, 2.75) is 51.6 Å². The standard InChI is InChI=1S/C13H21N3/c1-2-6-13(15)12-7-10-16(11-12)9-5-3-4-8-14/h7,10-11,13H,2-6,9,15H2,1H3. The molecule has 3 nitrogen and oxygen atoms in total. The molecule has 0 fully saturated rings. The van der Waals surface area contributed by atoms with Gasteiger partial charge in [-0.1, -0.05) is 13.3 Å². The summed E-state index contributed by atoms with van der Waals surface area (Å²) < 4.78 is 2.17. The van der Waals surface area contributed by atoms with Crippen LogP contribution in [0.4, 0.5) is 0 Å². The molecule has 0 bridgehead atoms. The smallest absolute Gasteiger partial charge is 0.0621 e. The van der Waals surface area contributed by atoms with Crippen LogP contribution >= 0.6 is 0 Å². The van der Waals surface area contributed by atoms with E-state index in [0.29, 0.717) is 6.42 Å². The molecule has 1 rings (SSSR count). The van der Waals surface area contributed by atoms with Gasteiger partial charge in [-0.3, -0.25) is 0 Å². The fraction of sp³-hybridized carbons (Fsp3) is 0.615. The maximum atomic E-state index is 8.43. The first kappa shape index (κ1) is 12.8. The molecule has 1 atom stereocenters. The Balaban J connectivity index is 2.36. The van der Waals surface area contributed by atoms with Crippen LogP contribution in [0.15, 0.2) is 18.5 Å². The molecule has 3 heteroatoms. The molecule has 0 saturated carbocycles. The molecule has 0 aliphatic heterocycles. The summed E-state index contributed by atoms with van der Waals surface area (Å²) in [7, 11) is 0. The number of unbranched alkanes of at least 4 members (excludes halogenated alkanes) is 2. The van der Waals surface area contributed by atoms with Gasteiger partial charge in [-0.05, 0) is 30.9 Å². The van der Waals surface area contributed by atoms with Gasteiger partial charge < -0.3 is 10.3 Å². The van der Waals surface area contributed by atoms with Crippen molar-refractivity contribution >= 4 is 0 Å². The summed E-state index contributed by atoms with van der Waals surface area (Å²) in [6.45, 7) is 3.14.